The van der Waals surface area contributed by atoms with Crippen LogP contribution in [0.25, 0.3) is 0 Å². The quantitative estimate of drug-likeness (QED) is 0.632. The number of rotatable bonds is 8. The van der Waals surface area contributed by atoms with Crippen molar-refractivity contribution in [1.29, 1.82) is 0 Å². The van der Waals surface area contributed by atoms with Gasteiger partial charge in [0.2, 0.25) is 11.8 Å². The monoisotopic (exact) mass is 272 g/mol. The van der Waals surface area contributed by atoms with Crippen LogP contribution >= 0.6 is 0 Å². The van der Waals surface area contributed by atoms with E-state index in [4.69, 9.17) is 10.5 Å². The molecule has 0 aliphatic carbocycles. The van der Waals surface area contributed by atoms with Gasteiger partial charge in [-0.3, -0.25) is 14.4 Å². The van der Waals surface area contributed by atoms with Gasteiger partial charge in [0.25, 0.3) is 0 Å². The summed E-state index contributed by atoms with van der Waals surface area (Å²) in [6.07, 6.45) is 0.468. The van der Waals surface area contributed by atoms with E-state index in [-0.39, 0.29) is 24.9 Å². The van der Waals surface area contributed by atoms with Crippen LogP contribution in [0, 0.1) is 11.8 Å². The minimum atomic E-state index is -0.842. The number of primary amides is 1. The summed E-state index contributed by atoms with van der Waals surface area (Å²) in [7, 11) is 0. The van der Waals surface area contributed by atoms with E-state index in [1.807, 2.05) is 13.8 Å². The maximum atomic E-state index is 11.6. The molecule has 110 valence electrons. The van der Waals surface area contributed by atoms with Crippen LogP contribution in [0.15, 0.2) is 0 Å². The van der Waals surface area contributed by atoms with Crippen LogP contribution in [-0.2, 0) is 19.1 Å². The van der Waals surface area contributed by atoms with Gasteiger partial charge in [-0.1, -0.05) is 20.8 Å². The molecule has 2 atom stereocenters. The Labute approximate surface area is 114 Å². The Hall–Kier alpha value is -1.59. The zero-order valence-corrected chi connectivity index (χ0v) is 12.1. The van der Waals surface area contributed by atoms with E-state index in [0.717, 1.165) is 0 Å². The molecule has 0 rings (SSSR count). The van der Waals surface area contributed by atoms with Crippen molar-refractivity contribution in [1.82, 2.24) is 5.32 Å². The van der Waals surface area contributed by atoms with Crippen molar-refractivity contribution in [2.75, 3.05) is 6.61 Å². The lowest BCUT2D eigenvalue weighted by molar-refractivity contribution is -0.148. The molecule has 0 saturated heterocycles. The van der Waals surface area contributed by atoms with Crippen molar-refractivity contribution < 1.29 is 19.1 Å². The van der Waals surface area contributed by atoms with Gasteiger partial charge in [0.1, 0.15) is 6.04 Å². The maximum absolute atomic E-state index is 11.6. The summed E-state index contributed by atoms with van der Waals surface area (Å²) in [5.41, 5.74) is 5.23. The Morgan fingerprint density at radius 3 is 2.21 bits per heavy atom. The van der Waals surface area contributed by atoms with Crippen LogP contribution in [0.4, 0.5) is 0 Å². The van der Waals surface area contributed by atoms with Crippen molar-refractivity contribution >= 4 is 17.8 Å². The number of carbonyl (C=O) groups is 3. The van der Waals surface area contributed by atoms with Gasteiger partial charge in [-0.15, -0.1) is 0 Å². The standard InChI is InChI=1S/C13H24N2O4/c1-5-19-13(18)9(4)7-10(12(14)17)15-11(16)6-8(2)3/h8-10H,5-7H2,1-4H3,(H2,14,17)(H,15,16)/t9-,10+/m1/s1. The molecular weight excluding hydrogens is 248 g/mol. The van der Waals surface area contributed by atoms with Gasteiger partial charge in [0.15, 0.2) is 0 Å². The number of nitrogens with one attached hydrogen (secondary N) is 1. The van der Waals surface area contributed by atoms with Gasteiger partial charge in [0.05, 0.1) is 12.5 Å². The highest BCUT2D eigenvalue weighted by atomic mass is 16.5. The van der Waals surface area contributed by atoms with E-state index in [1.54, 1.807) is 13.8 Å². The normalized spacial score (nSPS) is 13.7. The number of amides is 2. The zero-order chi connectivity index (χ0) is 15.0. The highest BCUT2D eigenvalue weighted by molar-refractivity contribution is 5.87. The van der Waals surface area contributed by atoms with Crippen LogP contribution in [0.1, 0.15) is 40.5 Å². The molecule has 0 fully saturated rings. The molecule has 0 aliphatic rings. The van der Waals surface area contributed by atoms with Crippen molar-refractivity contribution in [2.24, 2.45) is 17.6 Å². The molecular formula is C13H24N2O4. The summed E-state index contributed by atoms with van der Waals surface area (Å²) in [4.78, 5) is 34.4. The molecule has 2 amide bonds. The van der Waals surface area contributed by atoms with Crippen molar-refractivity contribution in [2.45, 2.75) is 46.6 Å². The average molecular weight is 272 g/mol. The Bertz CT molecular complexity index is 329. The topological polar surface area (TPSA) is 98.5 Å². The lowest BCUT2D eigenvalue weighted by Gasteiger charge is -2.19. The Balaban J connectivity index is 4.45. The summed E-state index contributed by atoms with van der Waals surface area (Å²) in [6, 6.07) is -0.842. The molecule has 0 saturated carbocycles. The second-order valence-electron chi connectivity index (χ2n) is 5.01. The largest absolute Gasteiger partial charge is 0.466 e. The third-order valence-corrected chi connectivity index (χ3v) is 2.55. The average Bonchev–Trinajstić information content (AvgIpc) is 2.26. The number of hydrogen-bond donors (Lipinski definition) is 2. The van der Waals surface area contributed by atoms with E-state index in [9.17, 15) is 14.4 Å². The molecule has 0 bridgehead atoms. The van der Waals surface area contributed by atoms with E-state index in [1.165, 1.54) is 0 Å². The van der Waals surface area contributed by atoms with Gasteiger partial charge in [-0.25, -0.2) is 0 Å². The van der Waals surface area contributed by atoms with Crippen molar-refractivity contribution in [3.8, 4) is 0 Å². The van der Waals surface area contributed by atoms with Crippen LogP contribution in [0.2, 0.25) is 0 Å². The van der Waals surface area contributed by atoms with Gasteiger partial charge >= 0.3 is 5.97 Å². The Morgan fingerprint density at radius 1 is 1.21 bits per heavy atom. The fourth-order valence-electron chi connectivity index (χ4n) is 1.60. The van der Waals surface area contributed by atoms with Gasteiger partial charge in [-0.05, 0) is 19.3 Å². The lowest BCUT2D eigenvalue weighted by atomic mass is 10.0. The number of esters is 1. The van der Waals surface area contributed by atoms with E-state index >= 15 is 0 Å². The van der Waals surface area contributed by atoms with Crippen LogP contribution in [0.3, 0.4) is 0 Å². The highest BCUT2D eigenvalue weighted by Crippen LogP contribution is 2.09. The van der Waals surface area contributed by atoms with E-state index < -0.39 is 23.8 Å². The Kier molecular flexibility index (Phi) is 7.79. The molecule has 0 aliphatic heterocycles. The SMILES string of the molecule is CCOC(=O)[C@H](C)C[C@H](NC(=O)CC(C)C)C(N)=O. The number of nitrogens with two attached hydrogens (primary N) is 1. The fraction of sp³-hybridized carbons (Fsp3) is 0.769. The van der Waals surface area contributed by atoms with Crippen LogP contribution in [0.5, 0.6) is 0 Å². The molecule has 0 aromatic rings. The van der Waals surface area contributed by atoms with E-state index in [2.05, 4.69) is 5.32 Å². The molecule has 3 N–H and O–H groups in total. The zero-order valence-electron chi connectivity index (χ0n) is 12.1. The molecule has 0 radical (unpaired) electrons. The first-order chi connectivity index (χ1) is 8.77. The predicted molar refractivity (Wildman–Crippen MR) is 71.0 cm³/mol. The summed E-state index contributed by atoms with van der Waals surface area (Å²) < 4.78 is 4.85. The van der Waals surface area contributed by atoms with Crippen LogP contribution in [-0.4, -0.2) is 30.4 Å². The summed E-state index contributed by atoms with van der Waals surface area (Å²) in [5, 5.41) is 2.55. The number of ether oxygens (including phenoxy) is 1. The molecule has 0 heterocycles. The predicted octanol–water partition coefficient (Wildman–Crippen LogP) is 0.592. The molecule has 0 spiro atoms. The fourth-order valence-corrected chi connectivity index (χ4v) is 1.60. The third-order valence-electron chi connectivity index (χ3n) is 2.55. The Morgan fingerprint density at radius 2 is 1.79 bits per heavy atom. The second kappa shape index (κ2) is 8.50. The summed E-state index contributed by atoms with van der Waals surface area (Å²) in [6.45, 7) is 7.44. The third kappa shape index (κ3) is 7.43. The molecule has 19 heavy (non-hydrogen) atoms. The minimum Gasteiger partial charge on any atom is -0.466 e. The number of hydrogen-bond acceptors (Lipinski definition) is 4. The summed E-state index contributed by atoms with van der Waals surface area (Å²) in [5.74, 6) is -1.58. The first kappa shape index (κ1) is 17.4. The smallest absolute Gasteiger partial charge is 0.308 e. The van der Waals surface area contributed by atoms with Crippen molar-refractivity contribution in [3.05, 3.63) is 0 Å². The van der Waals surface area contributed by atoms with Gasteiger partial charge in [0, 0.05) is 6.42 Å². The van der Waals surface area contributed by atoms with E-state index in [0.29, 0.717) is 6.42 Å². The van der Waals surface area contributed by atoms with Crippen LogP contribution < -0.4 is 11.1 Å². The van der Waals surface area contributed by atoms with Gasteiger partial charge in [-0.2, -0.15) is 0 Å². The highest BCUT2D eigenvalue weighted by Gasteiger charge is 2.25. The van der Waals surface area contributed by atoms with Crippen molar-refractivity contribution in [3.63, 3.8) is 0 Å². The molecule has 0 unspecified atom stereocenters. The first-order valence-electron chi connectivity index (χ1n) is 6.53. The minimum absolute atomic E-state index is 0.151. The molecule has 6 heteroatoms. The maximum Gasteiger partial charge on any atom is 0.308 e. The molecule has 0 aromatic carbocycles. The lowest BCUT2D eigenvalue weighted by Crippen LogP contribution is -2.46. The molecule has 0 aromatic heterocycles. The van der Waals surface area contributed by atoms with Gasteiger partial charge < -0.3 is 15.8 Å². The number of carbonyl (C=O) groups excluding carboxylic acids is 3. The summed E-state index contributed by atoms with van der Waals surface area (Å²) >= 11 is 0. The first-order valence-corrected chi connectivity index (χ1v) is 6.53. The second-order valence-corrected chi connectivity index (χ2v) is 5.01. The molecule has 6 nitrogen and oxygen atoms in total.